The van der Waals surface area contributed by atoms with Gasteiger partial charge in [0.05, 0.1) is 10.0 Å². The Labute approximate surface area is 160 Å². The molecule has 1 heterocycles. The number of aromatic nitrogens is 3. The van der Waals surface area contributed by atoms with E-state index in [9.17, 15) is 0 Å². The highest BCUT2D eigenvalue weighted by molar-refractivity contribution is 6.43. The second-order valence-electron chi connectivity index (χ2n) is 8.23. The van der Waals surface area contributed by atoms with Gasteiger partial charge in [0.1, 0.15) is 11.5 Å². The number of anilines is 1. The molecular formula is C19H26Cl2N4. The quantitative estimate of drug-likeness (QED) is 0.673. The molecule has 1 aromatic carbocycles. The Morgan fingerprint density at radius 1 is 1.00 bits per heavy atom. The van der Waals surface area contributed by atoms with E-state index in [2.05, 4.69) is 55.1 Å². The largest absolute Gasteiger partial charge is 0.363 e. The molecule has 0 aliphatic carbocycles. The maximum Gasteiger partial charge on any atom is 0.157 e. The predicted octanol–water partition coefficient (Wildman–Crippen LogP) is 6.17. The number of hydrogen-bond donors (Lipinski definition) is 1. The molecule has 2 rings (SSSR count). The maximum atomic E-state index is 6.38. The van der Waals surface area contributed by atoms with Crippen molar-refractivity contribution < 1.29 is 0 Å². The van der Waals surface area contributed by atoms with E-state index in [4.69, 9.17) is 23.2 Å². The second kappa shape index (κ2) is 7.46. The zero-order valence-electron chi connectivity index (χ0n) is 15.7. The SMILES string of the molecule is Cc1nnc(-c2cccc(Cl)c2Cl)c(NC(C)(C)CCC(C)(C)C)n1. The summed E-state index contributed by atoms with van der Waals surface area (Å²) < 4.78 is 0. The first kappa shape index (κ1) is 19.9. The van der Waals surface area contributed by atoms with Crippen molar-refractivity contribution >= 4 is 29.0 Å². The van der Waals surface area contributed by atoms with Crippen molar-refractivity contribution in [3.63, 3.8) is 0 Å². The highest BCUT2D eigenvalue weighted by Crippen LogP contribution is 2.36. The van der Waals surface area contributed by atoms with Crippen LogP contribution in [-0.4, -0.2) is 20.7 Å². The normalized spacial score (nSPS) is 12.3. The van der Waals surface area contributed by atoms with Gasteiger partial charge in [0, 0.05) is 11.1 Å². The van der Waals surface area contributed by atoms with Crippen molar-refractivity contribution in [1.29, 1.82) is 0 Å². The number of benzene rings is 1. The highest BCUT2D eigenvalue weighted by atomic mass is 35.5. The minimum absolute atomic E-state index is 0.143. The smallest absolute Gasteiger partial charge is 0.157 e. The second-order valence-corrected chi connectivity index (χ2v) is 9.01. The number of halogens is 2. The molecule has 0 atom stereocenters. The van der Waals surface area contributed by atoms with E-state index in [-0.39, 0.29) is 11.0 Å². The summed E-state index contributed by atoms with van der Waals surface area (Å²) >= 11 is 12.5. The first-order chi connectivity index (χ1) is 11.5. The number of hydrogen-bond acceptors (Lipinski definition) is 4. The van der Waals surface area contributed by atoms with Crippen LogP contribution < -0.4 is 5.32 Å². The minimum Gasteiger partial charge on any atom is -0.363 e. The van der Waals surface area contributed by atoms with Crippen LogP contribution in [0.4, 0.5) is 5.82 Å². The van der Waals surface area contributed by atoms with E-state index in [1.54, 1.807) is 6.07 Å². The summed E-state index contributed by atoms with van der Waals surface area (Å²) in [6, 6.07) is 5.48. The maximum absolute atomic E-state index is 6.38. The molecule has 0 radical (unpaired) electrons. The molecule has 6 heteroatoms. The third-order valence-corrected chi connectivity index (χ3v) is 4.78. The van der Waals surface area contributed by atoms with Crippen LogP contribution in [0.5, 0.6) is 0 Å². The molecule has 0 amide bonds. The molecule has 0 aliphatic rings. The Kier molecular flexibility index (Phi) is 5.95. The third kappa shape index (κ3) is 5.55. The molecule has 0 saturated heterocycles. The number of nitrogens with zero attached hydrogens (tertiary/aromatic N) is 3. The number of aryl methyl sites for hydroxylation is 1. The zero-order chi connectivity index (χ0) is 18.8. The molecular weight excluding hydrogens is 355 g/mol. The van der Waals surface area contributed by atoms with E-state index in [1.807, 2.05) is 19.1 Å². The Bertz CT molecular complexity index is 752. The Morgan fingerprint density at radius 2 is 1.68 bits per heavy atom. The summed E-state index contributed by atoms with van der Waals surface area (Å²) in [5.74, 6) is 1.28. The van der Waals surface area contributed by atoms with Gasteiger partial charge in [-0.2, -0.15) is 0 Å². The van der Waals surface area contributed by atoms with Gasteiger partial charge in [-0.05, 0) is 45.1 Å². The Hall–Kier alpha value is -1.39. The van der Waals surface area contributed by atoms with E-state index < -0.39 is 0 Å². The van der Waals surface area contributed by atoms with Gasteiger partial charge in [0.2, 0.25) is 0 Å². The average Bonchev–Trinajstić information content (AvgIpc) is 2.48. The highest BCUT2D eigenvalue weighted by Gasteiger charge is 2.24. The average molecular weight is 381 g/mol. The van der Waals surface area contributed by atoms with Crippen LogP contribution in [0.2, 0.25) is 10.0 Å². The lowest BCUT2D eigenvalue weighted by Gasteiger charge is -2.31. The van der Waals surface area contributed by atoms with Crippen LogP contribution in [0.3, 0.4) is 0 Å². The molecule has 0 fully saturated rings. The molecule has 0 bridgehead atoms. The van der Waals surface area contributed by atoms with E-state index >= 15 is 0 Å². The molecule has 1 N–H and O–H groups in total. The topological polar surface area (TPSA) is 50.7 Å². The molecule has 0 aliphatic heterocycles. The first-order valence-corrected chi connectivity index (χ1v) is 9.18. The molecule has 0 unspecified atom stereocenters. The number of nitrogens with one attached hydrogen (secondary N) is 1. The lowest BCUT2D eigenvalue weighted by molar-refractivity contribution is 0.326. The van der Waals surface area contributed by atoms with Crippen molar-refractivity contribution in [2.75, 3.05) is 5.32 Å². The van der Waals surface area contributed by atoms with Crippen molar-refractivity contribution in [1.82, 2.24) is 15.2 Å². The van der Waals surface area contributed by atoms with E-state index in [1.165, 1.54) is 0 Å². The standard InChI is InChI=1S/C19H26Cl2N4/c1-12-22-17(23-19(5,6)11-10-18(2,3)4)16(25-24-12)13-8-7-9-14(20)15(13)21/h7-9H,10-11H2,1-6H3,(H,22,23,24). The van der Waals surface area contributed by atoms with Gasteiger partial charge in [0.25, 0.3) is 0 Å². The first-order valence-electron chi connectivity index (χ1n) is 8.42. The predicted molar refractivity (Wildman–Crippen MR) is 106 cm³/mol. The van der Waals surface area contributed by atoms with Crippen LogP contribution in [-0.2, 0) is 0 Å². The molecule has 25 heavy (non-hydrogen) atoms. The monoisotopic (exact) mass is 380 g/mol. The lowest BCUT2D eigenvalue weighted by atomic mass is 9.84. The van der Waals surface area contributed by atoms with E-state index in [0.29, 0.717) is 27.4 Å². The zero-order valence-corrected chi connectivity index (χ0v) is 17.3. The van der Waals surface area contributed by atoms with Crippen LogP contribution in [0.15, 0.2) is 18.2 Å². The summed E-state index contributed by atoms with van der Waals surface area (Å²) in [5.41, 5.74) is 1.47. The summed E-state index contributed by atoms with van der Waals surface area (Å²) in [6.45, 7) is 12.9. The van der Waals surface area contributed by atoms with Gasteiger partial charge >= 0.3 is 0 Å². The van der Waals surface area contributed by atoms with Gasteiger partial charge in [-0.15, -0.1) is 10.2 Å². The summed E-state index contributed by atoms with van der Waals surface area (Å²) in [4.78, 5) is 4.56. The van der Waals surface area contributed by atoms with Gasteiger partial charge in [-0.25, -0.2) is 4.98 Å². The fourth-order valence-electron chi connectivity index (χ4n) is 2.43. The Morgan fingerprint density at radius 3 is 2.32 bits per heavy atom. The summed E-state index contributed by atoms with van der Waals surface area (Å²) in [7, 11) is 0. The molecule has 0 spiro atoms. The van der Waals surface area contributed by atoms with E-state index in [0.717, 1.165) is 18.4 Å². The van der Waals surface area contributed by atoms with Gasteiger partial charge in [-0.3, -0.25) is 0 Å². The fraction of sp³-hybridized carbons (Fsp3) is 0.526. The van der Waals surface area contributed by atoms with Crippen molar-refractivity contribution in [3.05, 3.63) is 34.1 Å². The Balaban J connectivity index is 2.38. The summed E-state index contributed by atoms with van der Waals surface area (Å²) in [6.07, 6.45) is 2.10. The molecule has 1 aromatic heterocycles. The van der Waals surface area contributed by atoms with Crippen LogP contribution in [0, 0.1) is 12.3 Å². The van der Waals surface area contributed by atoms with Gasteiger partial charge < -0.3 is 5.32 Å². The van der Waals surface area contributed by atoms with Crippen molar-refractivity contribution in [3.8, 4) is 11.3 Å². The van der Waals surface area contributed by atoms with Crippen LogP contribution in [0.1, 0.15) is 53.3 Å². The lowest BCUT2D eigenvalue weighted by Crippen LogP contribution is -2.33. The fourth-order valence-corrected chi connectivity index (χ4v) is 2.82. The van der Waals surface area contributed by atoms with Crippen molar-refractivity contribution in [2.45, 2.75) is 59.9 Å². The molecule has 2 aromatic rings. The van der Waals surface area contributed by atoms with Gasteiger partial charge in [0.15, 0.2) is 5.82 Å². The van der Waals surface area contributed by atoms with Crippen LogP contribution in [0.25, 0.3) is 11.3 Å². The third-order valence-electron chi connectivity index (χ3n) is 3.96. The van der Waals surface area contributed by atoms with Crippen molar-refractivity contribution in [2.24, 2.45) is 5.41 Å². The van der Waals surface area contributed by atoms with Crippen LogP contribution >= 0.6 is 23.2 Å². The summed E-state index contributed by atoms with van der Waals surface area (Å²) in [5, 5.41) is 12.9. The van der Waals surface area contributed by atoms with Gasteiger partial charge in [-0.1, -0.05) is 56.1 Å². The molecule has 4 nitrogen and oxygen atoms in total. The molecule has 136 valence electrons. The molecule has 0 saturated carbocycles. The minimum atomic E-state index is -0.143. The number of rotatable bonds is 5.